The number of thiazole rings is 1. The van der Waals surface area contributed by atoms with E-state index in [2.05, 4.69) is 18.1 Å². The maximum absolute atomic E-state index is 12.3. The molecule has 1 aromatic heterocycles. The number of halogens is 1. The number of sulfonamides is 1. The van der Waals surface area contributed by atoms with Gasteiger partial charge in [-0.3, -0.25) is 0 Å². The summed E-state index contributed by atoms with van der Waals surface area (Å²) in [4.78, 5) is 3.91. The lowest BCUT2D eigenvalue weighted by molar-refractivity contribution is 0.475. The van der Waals surface area contributed by atoms with Crippen LogP contribution in [0.5, 0.6) is 0 Å². The van der Waals surface area contributed by atoms with Crippen molar-refractivity contribution in [3.63, 3.8) is 0 Å². The van der Waals surface area contributed by atoms with Crippen LogP contribution in [0.15, 0.2) is 29.5 Å². The molecule has 1 heterocycles. The molecule has 7 heteroatoms. The van der Waals surface area contributed by atoms with Gasteiger partial charge >= 0.3 is 0 Å². The van der Waals surface area contributed by atoms with E-state index in [0.29, 0.717) is 5.69 Å². The van der Waals surface area contributed by atoms with E-state index in [9.17, 15) is 8.42 Å². The van der Waals surface area contributed by atoms with Crippen molar-refractivity contribution in [2.45, 2.75) is 11.1 Å². The second-order valence-electron chi connectivity index (χ2n) is 3.24. The molecule has 0 aliphatic heterocycles. The van der Waals surface area contributed by atoms with Crippen LogP contribution in [0.25, 0.3) is 0 Å². The molecule has 17 heavy (non-hydrogen) atoms. The first-order valence-corrected chi connectivity index (χ1v) is 7.41. The fourth-order valence-corrected chi connectivity index (χ4v) is 4.52. The highest BCUT2D eigenvalue weighted by atomic mass is 35.5. The van der Waals surface area contributed by atoms with E-state index in [1.54, 1.807) is 6.92 Å². The maximum atomic E-state index is 12.3. The van der Waals surface area contributed by atoms with E-state index in [-0.39, 0.29) is 21.8 Å². The zero-order valence-corrected chi connectivity index (χ0v) is 11.8. The molecule has 0 spiro atoms. The van der Waals surface area contributed by atoms with E-state index >= 15 is 0 Å². The highest BCUT2D eigenvalue weighted by Gasteiger charge is 2.27. The molecule has 94 valence electrons. The Morgan fingerprint density at radius 3 is 2.29 bits per heavy atom. The van der Waals surface area contributed by atoms with Gasteiger partial charge in [0.2, 0.25) is 0 Å². The summed E-state index contributed by atoms with van der Waals surface area (Å²) in [6.07, 6.45) is 3.05. The molecule has 0 unspecified atom stereocenters. The van der Waals surface area contributed by atoms with E-state index in [0.717, 1.165) is 11.3 Å². The van der Waals surface area contributed by atoms with Gasteiger partial charge in [-0.2, -0.15) is 4.31 Å². The van der Waals surface area contributed by atoms with Crippen LogP contribution in [0, 0.1) is 6.92 Å². The van der Waals surface area contributed by atoms with E-state index in [4.69, 9.17) is 11.6 Å². The predicted octanol–water partition coefficient (Wildman–Crippen LogP) is 2.47. The molecule has 0 bridgehead atoms. The normalized spacial score (nSPS) is 11.7. The molecule has 0 saturated carbocycles. The van der Waals surface area contributed by atoms with Gasteiger partial charge in [0.25, 0.3) is 10.0 Å². The summed E-state index contributed by atoms with van der Waals surface area (Å²) >= 11 is 6.67. The third-order valence-corrected chi connectivity index (χ3v) is 5.65. The molecule has 1 aromatic rings. The van der Waals surface area contributed by atoms with Crippen molar-refractivity contribution in [3.05, 3.63) is 35.5 Å². The van der Waals surface area contributed by atoms with Crippen LogP contribution in [0.2, 0.25) is 4.47 Å². The van der Waals surface area contributed by atoms with Gasteiger partial charge in [0.15, 0.2) is 8.68 Å². The predicted molar refractivity (Wildman–Crippen MR) is 71.0 cm³/mol. The summed E-state index contributed by atoms with van der Waals surface area (Å²) in [6.45, 7) is 9.15. The van der Waals surface area contributed by atoms with Crippen molar-refractivity contribution < 1.29 is 8.42 Å². The van der Waals surface area contributed by atoms with Crippen LogP contribution >= 0.6 is 22.9 Å². The second-order valence-corrected chi connectivity index (χ2v) is 6.95. The quantitative estimate of drug-likeness (QED) is 0.757. The number of hydrogen-bond donors (Lipinski definition) is 0. The Bertz CT molecular complexity index is 512. The molecule has 0 amide bonds. The monoisotopic (exact) mass is 292 g/mol. The average molecular weight is 293 g/mol. The standard InChI is InChI=1S/C10H13ClN2O2S2/c1-4-6-13(7-5-2)17(14,15)9-8(3)12-10(11)16-9/h4-5H,1-2,6-7H2,3H3. The molecule has 0 atom stereocenters. The van der Waals surface area contributed by atoms with Gasteiger partial charge in [0.05, 0.1) is 5.69 Å². The van der Waals surface area contributed by atoms with Gasteiger partial charge in [0.1, 0.15) is 0 Å². The summed E-state index contributed by atoms with van der Waals surface area (Å²) in [5.74, 6) is 0. The van der Waals surface area contributed by atoms with E-state index in [1.165, 1.54) is 16.5 Å². The van der Waals surface area contributed by atoms with Crippen LogP contribution in [-0.4, -0.2) is 30.8 Å². The van der Waals surface area contributed by atoms with Crippen molar-refractivity contribution in [2.24, 2.45) is 0 Å². The zero-order valence-electron chi connectivity index (χ0n) is 9.39. The highest BCUT2D eigenvalue weighted by Crippen LogP contribution is 2.29. The van der Waals surface area contributed by atoms with Gasteiger partial charge < -0.3 is 0 Å². The molecular weight excluding hydrogens is 280 g/mol. The van der Waals surface area contributed by atoms with Crippen LogP contribution in [0.4, 0.5) is 0 Å². The lowest BCUT2D eigenvalue weighted by Gasteiger charge is -2.17. The lowest BCUT2D eigenvalue weighted by atomic mass is 10.5. The van der Waals surface area contributed by atoms with Crippen molar-refractivity contribution >= 4 is 33.0 Å². The SMILES string of the molecule is C=CCN(CC=C)S(=O)(=O)c1sc(Cl)nc1C. The fourth-order valence-electron chi connectivity index (χ4n) is 1.27. The van der Waals surface area contributed by atoms with Crippen molar-refractivity contribution in [3.8, 4) is 0 Å². The zero-order chi connectivity index (χ0) is 13.1. The van der Waals surface area contributed by atoms with Gasteiger partial charge in [-0.05, 0) is 6.92 Å². The Kier molecular flexibility index (Phi) is 4.88. The highest BCUT2D eigenvalue weighted by molar-refractivity contribution is 7.91. The molecule has 0 N–H and O–H groups in total. The fraction of sp³-hybridized carbons (Fsp3) is 0.300. The molecular formula is C10H13ClN2O2S2. The number of aromatic nitrogens is 1. The van der Waals surface area contributed by atoms with E-state index in [1.807, 2.05) is 0 Å². The topological polar surface area (TPSA) is 50.3 Å². The molecule has 0 aliphatic carbocycles. The Labute approximate surface area is 110 Å². The first-order chi connectivity index (χ1) is 7.93. The van der Waals surface area contributed by atoms with Crippen LogP contribution in [0.1, 0.15) is 5.69 Å². The van der Waals surface area contributed by atoms with Gasteiger partial charge in [-0.1, -0.05) is 35.1 Å². The molecule has 1 rings (SSSR count). The Hall–Kier alpha value is -0.690. The third-order valence-electron chi connectivity index (χ3n) is 1.97. The minimum atomic E-state index is -3.57. The summed E-state index contributed by atoms with van der Waals surface area (Å²) in [7, 11) is -3.57. The number of hydrogen-bond acceptors (Lipinski definition) is 4. The average Bonchev–Trinajstić information content (AvgIpc) is 2.58. The Morgan fingerprint density at radius 1 is 1.41 bits per heavy atom. The Morgan fingerprint density at radius 2 is 1.94 bits per heavy atom. The lowest BCUT2D eigenvalue weighted by Crippen LogP contribution is -2.31. The van der Waals surface area contributed by atoms with Crippen LogP contribution in [-0.2, 0) is 10.0 Å². The van der Waals surface area contributed by atoms with Gasteiger partial charge in [-0.15, -0.1) is 13.2 Å². The first-order valence-electron chi connectivity index (χ1n) is 4.78. The summed E-state index contributed by atoms with van der Waals surface area (Å²) < 4.78 is 26.2. The smallest absolute Gasteiger partial charge is 0.229 e. The largest absolute Gasteiger partial charge is 0.255 e. The van der Waals surface area contributed by atoms with Crippen molar-refractivity contribution in [1.82, 2.24) is 9.29 Å². The second kappa shape index (κ2) is 5.77. The third kappa shape index (κ3) is 3.16. The number of rotatable bonds is 6. The minimum absolute atomic E-state index is 0.172. The van der Waals surface area contributed by atoms with E-state index < -0.39 is 10.0 Å². The molecule has 0 fully saturated rings. The first kappa shape index (κ1) is 14.4. The summed E-state index contributed by atoms with van der Waals surface area (Å²) in [5, 5.41) is 0. The molecule has 4 nitrogen and oxygen atoms in total. The van der Waals surface area contributed by atoms with Crippen molar-refractivity contribution in [2.75, 3.05) is 13.1 Å². The molecule has 0 aromatic carbocycles. The summed E-state index contributed by atoms with van der Waals surface area (Å²) in [6, 6.07) is 0. The molecule has 0 radical (unpaired) electrons. The van der Waals surface area contributed by atoms with Crippen LogP contribution in [0.3, 0.4) is 0 Å². The minimum Gasteiger partial charge on any atom is -0.229 e. The molecule has 0 saturated heterocycles. The molecule has 0 aliphatic rings. The van der Waals surface area contributed by atoms with Crippen LogP contribution < -0.4 is 0 Å². The number of aryl methyl sites for hydroxylation is 1. The Balaban J connectivity index is 3.19. The summed E-state index contributed by atoms with van der Waals surface area (Å²) in [5.41, 5.74) is 0.415. The van der Waals surface area contributed by atoms with Gasteiger partial charge in [-0.25, -0.2) is 13.4 Å². The van der Waals surface area contributed by atoms with Gasteiger partial charge in [0, 0.05) is 13.1 Å². The maximum Gasteiger partial charge on any atom is 0.255 e. The number of nitrogens with zero attached hydrogens (tertiary/aromatic N) is 2. The van der Waals surface area contributed by atoms with Crippen molar-refractivity contribution in [1.29, 1.82) is 0 Å².